The van der Waals surface area contributed by atoms with Gasteiger partial charge >= 0.3 is 0 Å². The van der Waals surface area contributed by atoms with Crippen LogP contribution in [0, 0.1) is 0 Å². The summed E-state index contributed by atoms with van der Waals surface area (Å²) in [6.07, 6.45) is 13.8. The Kier molecular flexibility index (Phi) is 8.04. The van der Waals surface area contributed by atoms with Crippen LogP contribution in [0.1, 0.15) is 39.5 Å². The van der Waals surface area contributed by atoms with Crippen LogP contribution >= 0.6 is 0 Å². The second kappa shape index (κ2) is 8.48. The molecule has 0 heterocycles. The van der Waals surface area contributed by atoms with E-state index in [-0.39, 0.29) is 0 Å². The molecule has 0 amide bonds. The van der Waals surface area contributed by atoms with Gasteiger partial charge in [-0.15, -0.1) is 0 Å². The van der Waals surface area contributed by atoms with E-state index in [9.17, 15) is 0 Å². The van der Waals surface area contributed by atoms with Crippen molar-refractivity contribution in [3.8, 4) is 0 Å². The maximum atomic E-state index is 2.23. The highest BCUT2D eigenvalue weighted by Gasteiger charge is 1.80. The molecule has 58 valence electrons. The van der Waals surface area contributed by atoms with E-state index in [1.54, 1.807) is 0 Å². The van der Waals surface area contributed by atoms with Gasteiger partial charge in [-0.3, -0.25) is 0 Å². The van der Waals surface area contributed by atoms with Crippen molar-refractivity contribution in [1.82, 2.24) is 0 Å². The smallest absolute Gasteiger partial charge is 0.0351 e. The SMILES string of the molecule is C/C=C\CCCC/C=C\C. The van der Waals surface area contributed by atoms with Gasteiger partial charge in [0.1, 0.15) is 0 Å². The predicted molar refractivity (Wildman–Crippen MR) is 48.1 cm³/mol. The molecule has 10 heavy (non-hydrogen) atoms. The van der Waals surface area contributed by atoms with Gasteiger partial charge in [0, 0.05) is 0 Å². The lowest BCUT2D eigenvalue weighted by Crippen LogP contribution is -1.71. The van der Waals surface area contributed by atoms with Gasteiger partial charge in [0.05, 0.1) is 0 Å². The molecule has 0 nitrogen and oxygen atoms in total. The maximum absolute atomic E-state index is 2.23. The van der Waals surface area contributed by atoms with Gasteiger partial charge < -0.3 is 0 Å². The van der Waals surface area contributed by atoms with Crippen molar-refractivity contribution in [3.05, 3.63) is 24.3 Å². The summed E-state index contributed by atoms with van der Waals surface area (Å²) < 4.78 is 0. The summed E-state index contributed by atoms with van der Waals surface area (Å²) in [4.78, 5) is 0. The molecule has 0 rings (SSSR count). The molecular formula is C10H18. The third-order valence-corrected chi connectivity index (χ3v) is 1.46. The number of allylic oxidation sites excluding steroid dienone is 4. The van der Waals surface area contributed by atoms with Crippen LogP contribution in [-0.4, -0.2) is 0 Å². The molecule has 0 atom stereocenters. The molecule has 0 aliphatic carbocycles. The Hall–Kier alpha value is -0.520. The number of rotatable bonds is 5. The first-order valence-corrected chi connectivity index (χ1v) is 4.14. The van der Waals surface area contributed by atoms with Crippen LogP contribution in [0.15, 0.2) is 24.3 Å². The number of hydrogen-bond acceptors (Lipinski definition) is 0. The van der Waals surface area contributed by atoms with E-state index in [0.717, 1.165) is 0 Å². The summed E-state index contributed by atoms with van der Waals surface area (Å²) >= 11 is 0. The largest absolute Gasteiger partial charge is 0.0917 e. The third-order valence-electron chi connectivity index (χ3n) is 1.46. The van der Waals surface area contributed by atoms with Gasteiger partial charge in [-0.25, -0.2) is 0 Å². The fourth-order valence-electron chi connectivity index (χ4n) is 0.858. The van der Waals surface area contributed by atoms with Gasteiger partial charge in [-0.05, 0) is 39.5 Å². The zero-order chi connectivity index (χ0) is 7.66. The van der Waals surface area contributed by atoms with E-state index in [1.165, 1.54) is 25.7 Å². The topological polar surface area (TPSA) is 0 Å². The summed E-state index contributed by atoms with van der Waals surface area (Å²) in [7, 11) is 0. The normalized spacial score (nSPS) is 11.8. The van der Waals surface area contributed by atoms with Crippen molar-refractivity contribution in [2.45, 2.75) is 39.5 Å². The standard InChI is InChI=1S/C10H18/c1-3-5-7-9-10-8-6-4-2/h3-6H,7-10H2,1-2H3/b5-3-,6-4-. The number of unbranched alkanes of at least 4 members (excludes halogenated alkanes) is 3. The lowest BCUT2D eigenvalue weighted by Gasteiger charge is -1.90. The second-order valence-electron chi connectivity index (χ2n) is 2.42. The zero-order valence-corrected chi connectivity index (χ0v) is 7.14. The Bertz CT molecular complexity index is 84.6. The summed E-state index contributed by atoms with van der Waals surface area (Å²) in [6.45, 7) is 4.15. The molecule has 0 heteroatoms. The summed E-state index contributed by atoms with van der Waals surface area (Å²) in [5.74, 6) is 0. The Morgan fingerprint density at radius 3 is 1.50 bits per heavy atom. The molecule has 0 aromatic heterocycles. The van der Waals surface area contributed by atoms with Gasteiger partial charge in [0.2, 0.25) is 0 Å². The lowest BCUT2D eigenvalue weighted by molar-refractivity contribution is 0.761. The van der Waals surface area contributed by atoms with E-state index >= 15 is 0 Å². The van der Waals surface area contributed by atoms with Gasteiger partial charge in [0.25, 0.3) is 0 Å². The highest BCUT2D eigenvalue weighted by Crippen LogP contribution is 2.00. The van der Waals surface area contributed by atoms with E-state index < -0.39 is 0 Å². The molecule has 0 aromatic rings. The third kappa shape index (κ3) is 7.48. The Balaban J connectivity index is 2.90. The van der Waals surface area contributed by atoms with E-state index in [0.29, 0.717) is 0 Å². The lowest BCUT2D eigenvalue weighted by atomic mass is 10.2. The number of hydrogen-bond donors (Lipinski definition) is 0. The summed E-state index contributed by atoms with van der Waals surface area (Å²) in [5.41, 5.74) is 0. The Morgan fingerprint density at radius 1 is 0.800 bits per heavy atom. The Labute approximate surface area is 64.6 Å². The molecule has 0 fully saturated rings. The maximum Gasteiger partial charge on any atom is -0.0351 e. The average molecular weight is 138 g/mol. The molecule has 0 saturated heterocycles. The minimum absolute atomic E-state index is 1.24. The molecule has 0 aliphatic rings. The highest BCUT2D eigenvalue weighted by atomic mass is 13.9. The quantitative estimate of drug-likeness (QED) is 0.401. The van der Waals surface area contributed by atoms with E-state index in [2.05, 4.69) is 38.2 Å². The minimum atomic E-state index is 1.24. The van der Waals surface area contributed by atoms with Crippen LogP contribution < -0.4 is 0 Å². The fourth-order valence-corrected chi connectivity index (χ4v) is 0.858. The van der Waals surface area contributed by atoms with Crippen LogP contribution in [0.5, 0.6) is 0 Å². The first-order chi connectivity index (χ1) is 4.91. The summed E-state index contributed by atoms with van der Waals surface area (Å²) in [5, 5.41) is 0. The molecule has 0 aliphatic heterocycles. The van der Waals surface area contributed by atoms with Crippen molar-refractivity contribution in [2.75, 3.05) is 0 Å². The van der Waals surface area contributed by atoms with Gasteiger partial charge in [0.15, 0.2) is 0 Å². The predicted octanol–water partition coefficient (Wildman–Crippen LogP) is 3.70. The van der Waals surface area contributed by atoms with E-state index in [1.807, 2.05) is 0 Å². The fraction of sp³-hybridized carbons (Fsp3) is 0.600. The average Bonchev–Trinajstić information content (AvgIpc) is 1.97. The van der Waals surface area contributed by atoms with Crippen molar-refractivity contribution >= 4 is 0 Å². The van der Waals surface area contributed by atoms with Crippen LogP contribution in [0.3, 0.4) is 0 Å². The molecule has 0 unspecified atom stereocenters. The minimum Gasteiger partial charge on any atom is -0.0917 e. The Morgan fingerprint density at radius 2 is 1.20 bits per heavy atom. The first kappa shape index (κ1) is 9.48. The molecule has 0 N–H and O–H groups in total. The zero-order valence-electron chi connectivity index (χ0n) is 7.14. The van der Waals surface area contributed by atoms with Crippen LogP contribution in [0.25, 0.3) is 0 Å². The van der Waals surface area contributed by atoms with E-state index in [4.69, 9.17) is 0 Å². The van der Waals surface area contributed by atoms with Crippen LogP contribution in [-0.2, 0) is 0 Å². The van der Waals surface area contributed by atoms with Crippen molar-refractivity contribution in [1.29, 1.82) is 0 Å². The molecule has 0 aromatic carbocycles. The van der Waals surface area contributed by atoms with Crippen molar-refractivity contribution in [3.63, 3.8) is 0 Å². The van der Waals surface area contributed by atoms with Crippen LogP contribution in [0.4, 0.5) is 0 Å². The molecule has 0 bridgehead atoms. The molecule has 0 saturated carbocycles. The highest BCUT2D eigenvalue weighted by molar-refractivity contribution is 4.79. The van der Waals surface area contributed by atoms with Gasteiger partial charge in [-0.2, -0.15) is 0 Å². The molecule has 0 spiro atoms. The summed E-state index contributed by atoms with van der Waals surface area (Å²) in [6, 6.07) is 0. The monoisotopic (exact) mass is 138 g/mol. The first-order valence-electron chi connectivity index (χ1n) is 4.14. The van der Waals surface area contributed by atoms with Crippen LogP contribution in [0.2, 0.25) is 0 Å². The molecular weight excluding hydrogens is 120 g/mol. The molecule has 0 radical (unpaired) electrons. The van der Waals surface area contributed by atoms with Crippen molar-refractivity contribution < 1.29 is 0 Å². The van der Waals surface area contributed by atoms with Gasteiger partial charge in [-0.1, -0.05) is 24.3 Å². The van der Waals surface area contributed by atoms with Crippen molar-refractivity contribution in [2.24, 2.45) is 0 Å². The second-order valence-corrected chi connectivity index (χ2v) is 2.42.